The molecular formula is C40H45O6S2-. The van der Waals surface area contributed by atoms with E-state index < -0.39 is 20.2 Å². The molecular weight excluding hydrogens is 641 g/mol. The van der Waals surface area contributed by atoms with Crippen molar-refractivity contribution < 1.29 is 25.6 Å². The van der Waals surface area contributed by atoms with Crippen molar-refractivity contribution in [3.05, 3.63) is 64.7 Å². The standard InChI is InChI=1S/C40H46O6S2/c41-47(42,43)36-10-9-35(31-6-2-3-7-32(31)36)46-48(44,45)37-17-34(39-18-24-11-25(19-39)13-26(12-24)20-39)30-5-1-4-8-33(30)38(37)40-21-27-14-28(22-40)16-29(15-27)23-40/h1,4-5,8-10,17,24-29H,2-3,6-7,11-16,18-23H2,(H,41,42,43)/p-1. The molecule has 0 amide bonds. The summed E-state index contributed by atoms with van der Waals surface area (Å²) in [5, 5.41) is 2.34. The molecule has 0 unspecified atom stereocenters. The van der Waals surface area contributed by atoms with Crippen molar-refractivity contribution in [2.75, 3.05) is 0 Å². The van der Waals surface area contributed by atoms with Gasteiger partial charge in [0.15, 0.2) is 0 Å². The molecule has 8 fully saturated rings. The van der Waals surface area contributed by atoms with Crippen LogP contribution in [-0.2, 0) is 43.9 Å². The summed E-state index contributed by atoms with van der Waals surface area (Å²) in [4.78, 5) is 0.102. The Morgan fingerprint density at radius 2 is 1.10 bits per heavy atom. The third-order valence-electron chi connectivity index (χ3n) is 14.4. The average Bonchev–Trinajstić information content (AvgIpc) is 3.02. The van der Waals surface area contributed by atoms with Gasteiger partial charge in [0.25, 0.3) is 0 Å². The fraction of sp³-hybridized carbons (Fsp3) is 0.600. The third kappa shape index (κ3) is 4.56. The molecule has 8 bridgehead atoms. The van der Waals surface area contributed by atoms with Crippen LogP contribution < -0.4 is 4.18 Å². The molecule has 0 N–H and O–H groups in total. The fourth-order valence-electron chi connectivity index (χ4n) is 13.7. The van der Waals surface area contributed by atoms with Crippen LogP contribution in [0.1, 0.15) is 112 Å². The Labute approximate surface area is 284 Å². The highest BCUT2D eigenvalue weighted by Gasteiger charge is 2.56. The molecule has 9 aliphatic rings. The van der Waals surface area contributed by atoms with Crippen LogP contribution in [0.4, 0.5) is 0 Å². The summed E-state index contributed by atoms with van der Waals surface area (Å²) in [5.74, 6) is 4.26. The maximum atomic E-state index is 15.1. The minimum Gasteiger partial charge on any atom is -0.744 e. The minimum absolute atomic E-state index is 0.0120. The van der Waals surface area contributed by atoms with Gasteiger partial charge in [0.05, 0.1) is 4.90 Å². The van der Waals surface area contributed by atoms with Crippen LogP contribution in [-0.4, -0.2) is 21.4 Å². The van der Waals surface area contributed by atoms with Gasteiger partial charge in [-0.15, -0.1) is 0 Å². The van der Waals surface area contributed by atoms with E-state index in [-0.39, 0.29) is 21.5 Å². The Bertz CT molecular complexity index is 2010. The molecule has 12 rings (SSSR count). The Morgan fingerprint density at radius 1 is 0.604 bits per heavy atom. The van der Waals surface area contributed by atoms with Crippen molar-refractivity contribution in [1.82, 2.24) is 0 Å². The number of hydrogen-bond acceptors (Lipinski definition) is 6. The summed E-state index contributed by atoms with van der Waals surface area (Å²) in [6.45, 7) is 0. The Hall–Kier alpha value is -2.42. The highest BCUT2D eigenvalue weighted by Crippen LogP contribution is 2.65. The summed E-state index contributed by atoms with van der Waals surface area (Å²) in [6, 6.07) is 13.5. The zero-order valence-electron chi connectivity index (χ0n) is 27.6. The quantitative estimate of drug-likeness (QED) is 0.191. The Kier molecular flexibility index (Phi) is 6.54. The topological polar surface area (TPSA) is 101 Å². The summed E-state index contributed by atoms with van der Waals surface area (Å²) >= 11 is 0. The summed E-state index contributed by atoms with van der Waals surface area (Å²) in [7, 11) is -9.03. The largest absolute Gasteiger partial charge is 0.744 e. The molecule has 254 valence electrons. The SMILES string of the molecule is O=S(=O)([O-])c1ccc(OS(=O)(=O)c2cc(C34CC5CC(CC(C5)C3)C4)c3ccccc3c2C23CC4CC(CC(C4)C2)C3)c2c1CCCC2. The van der Waals surface area contributed by atoms with Crippen LogP contribution in [0.25, 0.3) is 10.8 Å². The van der Waals surface area contributed by atoms with Crippen LogP contribution >= 0.6 is 0 Å². The minimum atomic E-state index is -4.70. The van der Waals surface area contributed by atoms with Crippen molar-refractivity contribution in [2.45, 2.75) is 123 Å². The molecule has 0 saturated heterocycles. The van der Waals surface area contributed by atoms with Crippen LogP contribution in [0.3, 0.4) is 0 Å². The first-order valence-corrected chi connectivity index (χ1v) is 21.4. The molecule has 0 aromatic heterocycles. The number of fused-ring (bicyclic) bond motifs is 2. The first kappa shape index (κ1) is 30.4. The van der Waals surface area contributed by atoms with Gasteiger partial charge in [-0.05, 0) is 195 Å². The Morgan fingerprint density at radius 3 is 1.65 bits per heavy atom. The number of hydrogen-bond donors (Lipinski definition) is 0. The van der Waals surface area contributed by atoms with E-state index in [1.807, 2.05) is 0 Å². The van der Waals surface area contributed by atoms with Gasteiger partial charge in [-0.25, -0.2) is 8.42 Å². The maximum absolute atomic E-state index is 15.1. The molecule has 9 aliphatic carbocycles. The predicted molar refractivity (Wildman–Crippen MR) is 183 cm³/mol. The van der Waals surface area contributed by atoms with Crippen molar-refractivity contribution in [1.29, 1.82) is 0 Å². The highest BCUT2D eigenvalue weighted by molar-refractivity contribution is 7.87. The van der Waals surface area contributed by atoms with Crippen molar-refractivity contribution in [2.24, 2.45) is 35.5 Å². The second-order valence-electron chi connectivity index (χ2n) is 17.5. The van der Waals surface area contributed by atoms with E-state index >= 15 is 8.42 Å². The van der Waals surface area contributed by atoms with Gasteiger partial charge in [-0.1, -0.05) is 24.3 Å². The summed E-state index contributed by atoms with van der Waals surface area (Å²) < 4.78 is 73.0. The monoisotopic (exact) mass is 685 g/mol. The normalized spacial score (nSPS) is 36.4. The van der Waals surface area contributed by atoms with Crippen molar-refractivity contribution in [3.8, 4) is 5.75 Å². The first-order valence-electron chi connectivity index (χ1n) is 18.6. The lowest BCUT2D eigenvalue weighted by Gasteiger charge is -2.58. The van der Waals surface area contributed by atoms with E-state index in [2.05, 4.69) is 30.3 Å². The van der Waals surface area contributed by atoms with Crippen LogP contribution in [0.15, 0.2) is 52.3 Å². The van der Waals surface area contributed by atoms with Crippen LogP contribution in [0.5, 0.6) is 5.75 Å². The van der Waals surface area contributed by atoms with Gasteiger partial charge in [0.2, 0.25) is 0 Å². The smallest absolute Gasteiger partial charge is 0.339 e. The molecule has 0 heterocycles. The lowest BCUT2D eigenvalue weighted by Crippen LogP contribution is -2.50. The zero-order valence-corrected chi connectivity index (χ0v) is 29.2. The van der Waals surface area contributed by atoms with E-state index in [9.17, 15) is 13.0 Å². The second kappa shape index (κ2) is 10.3. The zero-order chi connectivity index (χ0) is 32.6. The van der Waals surface area contributed by atoms with Gasteiger partial charge in [0, 0.05) is 5.56 Å². The van der Waals surface area contributed by atoms with E-state index in [1.165, 1.54) is 61.6 Å². The van der Waals surface area contributed by atoms with Crippen LogP contribution in [0, 0.1) is 35.5 Å². The molecule has 8 saturated carbocycles. The lowest BCUT2D eigenvalue weighted by molar-refractivity contribution is -0.00703. The van der Waals surface area contributed by atoms with E-state index in [4.69, 9.17) is 4.18 Å². The van der Waals surface area contributed by atoms with E-state index in [0.717, 1.165) is 80.1 Å². The molecule has 0 atom stereocenters. The van der Waals surface area contributed by atoms with Gasteiger partial charge in [-0.3, -0.25) is 0 Å². The van der Waals surface area contributed by atoms with Gasteiger partial charge in [0.1, 0.15) is 20.8 Å². The highest BCUT2D eigenvalue weighted by atomic mass is 32.2. The summed E-state index contributed by atoms with van der Waals surface area (Å²) in [6.07, 6.45) is 16.7. The van der Waals surface area contributed by atoms with E-state index in [0.29, 0.717) is 46.6 Å². The maximum Gasteiger partial charge on any atom is 0.339 e. The molecule has 0 radical (unpaired) electrons. The lowest BCUT2D eigenvalue weighted by atomic mass is 9.46. The molecule has 3 aromatic carbocycles. The molecule has 8 heteroatoms. The van der Waals surface area contributed by atoms with Gasteiger partial charge < -0.3 is 8.74 Å². The fourth-order valence-corrected chi connectivity index (χ4v) is 15.7. The predicted octanol–water partition coefficient (Wildman–Crippen LogP) is 8.33. The van der Waals surface area contributed by atoms with Gasteiger partial charge >= 0.3 is 10.1 Å². The molecule has 3 aromatic rings. The molecule has 0 aliphatic heterocycles. The Balaban J connectivity index is 1.19. The van der Waals surface area contributed by atoms with Crippen molar-refractivity contribution in [3.63, 3.8) is 0 Å². The molecule has 6 nitrogen and oxygen atoms in total. The second-order valence-corrected chi connectivity index (χ2v) is 20.3. The van der Waals surface area contributed by atoms with E-state index in [1.54, 1.807) is 0 Å². The van der Waals surface area contributed by atoms with Gasteiger partial charge in [-0.2, -0.15) is 8.42 Å². The number of benzene rings is 3. The molecule has 48 heavy (non-hydrogen) atoms. The number of rotatable bonds is 6. The first-order chi connectivity index (χ1) is 23.0. The van der Waals surface area contributed by atoms with Crippen LogP contribution in [0.2, 0.25) is 0 Å². The molecule has 0 spiro atoms. The average molecular weight is 686 g/mol. The van der Waals surface area contributed by atoms with Crippen molar-refractivity contribution >= 4 is 31.0 Å². The summed E-state index contributed by atoms with van der Waals surface area (Å²) in [5.41, 5.74) is 2.97. The third-order valence-corrected chi connectivity index (χ3v) is 16.6.